The van der Waals surface area contributed by atoms with Crippen molar-refractivity contribution in [2.24, 2.45) is 7.05 Å². The van der Waals surface area contributed by atoms with Gasteiger partial charge < -0.3 is 39.8 Å². The number of pyridine rings is 1. The number of hydrogen-bond acceptors (Lipinski definition) is 12. The zero-order valence-corrected chi connectivity index (χ0v) is 28.7. The highest BCUT2D eigenvalue weighted by Crippen LogP contribution is 2.22. The van der Waals surface area contributed by atoms with Gasteiger partial charge in [0.25, 0.3) is 5.91 Å². The number of amides is 1. The van der Waals surface area contributed by atoms with E-state index in [9.17, 15) is 24.0 Å². The van der Waals surface area contributed by atoms with Crippen LogP contribution in [0.4, 0.5) is 11.5 Å². The van der Waals surface area contributed by atoms with Gasteiger partial charge in [-0.25, -0.2) is 14.8 Å². The number of benzene rings is 2. The van der Waals surface area contributed by atoms with E-state index in [-0.39, 0.29) is 37.3 Å². The lowest BCUT2D eigenvalue weighted by Crippen LogP contribution is -2.42. The first-order valence-corrected chi connectivity index (χ1v) is 16.0. The third-order valence-electron chi connectivity index (χ3n) is 7.41. The van der Waals surface area contributed by atoms with E-state index >= 15 is 0 Å². The number of aliphatic hydroxyl groups is 1. The summed E-state index contributed by atoms with van der Waals surface area (Å²) >= 11 is 0. The number of carbonyl (C=O) groups is 5. The number of imidazole rings is 1. The molecule has 0 aliphatic rings. The molecule has 0 atom stereocenters. The van der Waals surface area contributed by atoms with Gasteiger partial charge in [-0.2, -0.15) is 0 Å². The van der Waals surface area contributed by atoms with Crippen LogP contribution in [0.2, 0.25) is 0 Å². The van der Waals surface area contributed by atoms with Gasteiger partial charge in [0.1, 0.15) is 11.6 Å². The van der Waals surface area contributed by atoms with Crippen LogP contribution in [-0.4, -0.2) is 96.0 Å². The standard InChI is InChI=1S/C29H32N6O4.C6H8O7/c1-4-38-27(36)15-17-35(25-8-6-7-16-31-25)29(37)21-11-14-24-23(18-21)33-26(34(24)3)19-32-22-12-9-20(10-13-22)28(30)39-5-2;7-3(8)1-6(13,5(11)12)2-4(9)10/h6-14,16,18,30,32H,4-5,15,17,19H2,1-3H3;13H,1-2H2,(H,7,8)(H,9,10)(H,11,12). The Morgan fingerprint density at radius 3 is 2.10 bits per heavy atom. The molecular weight excluding hydrogens is 680 g/mol. The summed E-state index contributed by atoms with van der Waals surface area (Å²) in [5.74, 6) is -4.26. The third-order valence-corrected chi connectivity index (χ3v) is 7.41. The Balaban J connectivity index is 0.000000478. The number of hydrogen-bond donors (Lipinski definition) is 6. The molecule has 1 amide bonds. The minimum Gasteiger partial charge on any atom is -0.481 e. The van der Waals surface area contributed by atoms with Crippen molar-refractivity contribution in [1.29, 1.82) is 5.41 Å². The Morgan fingerprint density at radius 1 is 0.904 bits per heavy atom. The molecule has 17 nitrogen and oxygen atoms in total. The molecule has 0 aliphatic heterocycles. The molecule has 4 rings (SSSR count). The molecule has 52 heavy (non-hydrogen) atoms. The van der Waals surface area contributed by atoms with Crippen molar-refractivity contribution in [2.75, 3.05) is 30.0 Å². The average molecular weight is 721 g/mol. The van der Waals surface area contributed by atoms with Gasteiger partial charge in [-0.3, -0.25) is 29.5 Å². The lowest BCUT2D eigenvalue weighted by molar-refractivity contribution is -0.170. The summed E-state index contributed by atoms with van der Waals surface area (Å²) in [4.78, 5) is 66.6. The second kappa shape index (κ2) is 18.6. The molecule has 0 saturated carbocycles. The number of carbonyl (C=O) groups excluding carboxylic acids is 2. The van der Waals surface area contributed by atoms with Crippen LogP contribution in [0.15, 0.2) is 66.9 Å². The van der Waals surface area contributed by atoms with Crippen molar-refractivity contribution in [1.82, 2.24) is 14.5 Å². The molecule has 0 aliphatic carbocycles. The van der Waals surface area contributed by atoms with Gasteiger partial charge in [0.05, 0.1) is 50.1 Å². The molecule has 4 aromatic rings. The number of carboxylic acid groups (broad SMARTS) is 3. The van der Waals surface area contributed by atoms with E-state index in [2.05, 4.69) is 10.3 Å². The van der Waals surface area contributed by atoms with E-state index in [1.165, 1.54) is 4.90 Å². The Hall–Kier alpha value is -6.36. The molecule has 0 unspecified atom stereocenters. The van der Waals surface area contributed by atoms with Crippen molar-refractivity contribution >= 4 is 58.2 Å². The first kappa shape index (κ1) is 40.1. The predicted molar refractivity (Wildman–Crippen MR) is 187 cm³/mol. The smallest absolute Gasteiger partial charge is 0.336 e. The normalized spacial score (nSPS) is 10.8. The second-order valence-corrected chi connectivity index (χ2v) is 11.2. The molecule has 276 valence electrons. The van der Waals surface area contributed by atoms with Crippen LogP contribution < -0.4 is 10.2 Å². The summed E-state index contributed by atoms with van der Waals surface area (Å²) in [5, 5.41) is 45.1. The van der Waals surface area contributed by atoms with Gasteiger partial charge in [-0.1, -0.05) is 6.07 Å². The molecule has 2 aromatic carbocycles. The SMILES string of the molecule is CCOC(=N)c1ccc(NCc2nc3cc(C(=O)N(CCC(=O)OCC)c4ccccn4)ccc3n2C)cc1.O=C(O)CC(O)(CC(=O)O)C(=O)O. The van der Waals surface area contributed by atoms with Gasteiger partial charge in [0, 0.05) is 36.6 Å². The highest BCUT2D eigenvalue weighted by Gasteiger charge is 2.40. The Morgan fingerprint density at radius 2 is 1.54 bits per heavy atom. The molecule has 0 saturated heterocycles. The van der Waals surface area contributed by atoms with E-state index in [1.807, 2.05) is 48.9 Å². The van der Waals surface area contributed by atoms with Crippen molar-refractivity contribution < 1.29 is 53.9 Å². The molecular formula is C35H40N6O11. The number of esters is 1. The lowest BCUT2D eigenvalue weighted by atomic mass is 9.96. The number of fused-ring (bicyclic) bond motifs is 1. The number of nitrogens with zero attached hydrogens (tertiary/aromatic N) is 4. The van der Waals surface area contributed by atoms with Crippen LogP contribution in [0.5, 0.6) is 0 Å². The zero-order chi connectivity index (χ0) is 38.4. The molecule has 0 spiro atoms. The summed E-state index contributed by atoms with van der Waals surface area (Å²) in [6.07, 6.45) is -0.618. The topological polar surface area (TPSA) is 255 Å². The summed E-state index contributed by atoms with van der Waals surface area (Å²) in [6, 6.07) is 18.2. The Bertz CT molecular complexity index is 1880. The molecule has 6 N–H and O–H groups in total. The van der Waals surface area contributed by atoms with Crippen molar-refractivity contribution in [3.05, 3.63) is 83.8 Å². The maximum atomic E-state index is 13.5. The van der Waals surface area contributed by atoms with E-state index in [4.69, 9.17) is 40.3 Å². The number of aryl methyl sites for hydroxylation is 1. The Labute approximate surface area is 298 Å². The van der Waals surface area contributed by atoms with Crippen LogP contribution in [0.25, 0.3) is 11.0 Å². The minimum atomic E-state index is -2.74. The highest BCUT2D eigenvalue weighted by molar-refractivity contribution is 6.07. The van der Waals surface area contributed by atoms with Crippen LogP contribution in [0.3, 0.4) is 0 Å². The second-order valence-electron chi connectivity index (χ2n) is 11.2. The van der Waals surface area contributed by atoms with Crippen molar-refractivity contribution in [2.45, 2.75) is 45.3 Å². The quantitative estimate of drug-likeness (QED) is 0.0552. The molecule has 0 radical (unpaired) electrons. The number of carboxylic acids is 3. The van der Waals surface area contributed by atoms with Crippen LogP contribution in [-0.2, 0) is 42.2 Å². The van der Waals surface area contributed by atoms with Gasteiger partial charge in [0.15, 0.2) is 5.60 Å². The summed E-state index contributed by atoms with van der Waals surface area (Å²) in [6.45, 7) is 4.95. The van der Waals surface area contributed by atoms with Gasteiger partial charge in [0.2, 0.25) is 5.90 Å². The summed E-state index contributed by atoms with van der Waals surface area (Å²) < 4.78 is 12.3. The number of aromatic nitrogens is 3. The van der Waals surface area contributed by atoms with Gasteiger partial charge >= 0.3 is 23.9 Å². The molecule has 0 bridgehead atoms. The maximum absolute atomic E-state index is 13.5. The highest BCUT2D eigenvalue weighted by atomic mass is 16.5. The lowest BCUT2D eigenvalue weighted by Gasteiger charge is -2.21. The summed E-state index contributed by atoms with van der Waals surface area (Å²) in [5.41, 5.74) is 0.883. The van der Waals surface area contributed by atoms with Gasteiger partial charge in [-0.05, 0) is 68.4 Å². The number of nitrogens with one attached hydrogen (secondary N) is 2. The first-order chi connectivity index (χ1) is 24.7. The Kier molecular flexibility index (Phi) is 14.3. The number of aliphatic carboxylic acids is 3. The van der Waals surface area contributed by atoms with E-state index in [1.54, 1.807) is 43.5 Å². The monoisotopic (exact) mass is 720 g/mol. The van der Waals surface area contributed by atoms with Crippen LogP contribution in [0, 0.1) is 5.41 Å². The fourth-order valence-corrected chi connectivity index (χ4v) is 4.83. The van der Waals surface area contributed by atoms with E-state index < -0.39 is 36.4 Å². The van der Waals surface area contributed by atoms with Crippen molar-refractivity contribution in [3.8, 4) is 0 Å². The predicted octanol–water partition coefficient (Wildman–Crippen LogP) is 3.29. The molecule has 2 aromatic heterocycles. The van der Waals surface area contributed by atoms with Crippen molar-refractivity contribution in [3.63, 3.8) is 0 Å². The number of rotatable bonds is 16. The average Bonchev–Trinajstić information content (AvgIpc) is 3.42. The fraction of sp³-hybridized carbons (Fsp3) is 0.314. The number of ether oxygens (including phenoxy) is 2. The fourth-order valence-electron chi connectivity index (χ4n) is 4.83. The first-order valence-electron chi connectivity index (χ1n) is 16.0. The molecule has 2 heterocycles. The zero-order valence-electron chi connectivity index (χ0n) is 28.7. The largest absolute Gasteiger partial charge is 0.481 e. The third kappa shape index (κ3) is 11.1. The van der Waals surface area contributed by atoms with Crippen LogP contribution >= 0.6 is 0 Å². The molecule has 0 fully saturated rings. The van der Waals surface area contributed by atoms with Crippen LogP contribution in [0.1, 0.15) is 54.9 Å². The summed E-state index contributed by atoms with van der Waals surface area (Å²) in [7, 11) is 1.93. The van der Waals surface area contributed by atoms with E-state index in [0.717, 1.165) is 17.0 Å². The molecule has 17 heteroatoms. The van der Waals surface area contributed by atoms with Gasteiger partial charge in [-0.15, -0.1) is 0 Å². The number of anilines is 2. The van der Waals surface area contributed by atoms with E-state index in [0.29, 0.717) is 35.6 Å². The maximum Gasteiger partial charge on any atom is 0.336 e. The minimum absolute atomic E-state index is 0.0611.